The van der Waals surface area contributed by atoms with Gasteiger partial charge in [0.25, 0.3) is 0 Å². The SMILES string of the molecule is COc1ccc(NC(=O)CN(C)CC(=O)c2cc(C)n(Cc3ccco3)c2C)cc1. The van der Waals surface area contributed by atoms with Gasteiger partial charge in [-0.15, -0.1) is 0 Å². The summed E-state index contributed by atoms with van der Waals surface area (Å²) in [5, 5.41) is 2.82. The van der Waals surface area contributed by atoms with Crippen molar-refractivity contribution in [2.24, 2.45) is 0 Å². The molecule has 0 radical (unpaired) electrons. The van der Waals surface area contributed by atoms with Crippen LogP contribution < -0.4 is 10.1 Å². The Labute approximate surface area is 176 Å². The van der Waals surface area contributed by atoms with Crippen LogP contribution in [-0.2, 0) is 11.3 Å². The highest BCUT2D eigenvalue weighted by Gasteiger charge is 2.19. The molecule has 7 nitrogen and oxygen atoms in total. The average Bonchev–Trinajstić information content (AvgIpc) is 3.32. The highest BCUT2D eigenvalue weighted by atomic mass is 16.5. The molecule has 0 saturated carbocycles. The average molecular weight is 409 g/mol. The fourth-order valence-electron chi connectivity index (χ4n) is 3.39. The standard InChI is InChI=1S/C23H27N3O4/c1-16-12-21(17(2)26(16)13-20-6-5-11-30-20)22(27)14-25(3)15-23(28)24-18-7-9-19(29-4)10-8-18/h5-12H,13-15H2,1-4H3,(H,24,28). The maximum absolute atomic E-state index is 12.8. The van der Waals surface area contributed by atoms with Crippen LogP contribution in [0.4, 0.5) is 5.69 Å². The molecule has 0 saturated heterocycles. The Morgan fingerprint density at radius 2 is 1.87 bits per heavy atom. The van der Waals surface area contributed by atoms with Crippen molar-refractivity contribution < 1.29 is 18.7 Å². The molecular formula is C23H27N3O4. The normalized spacial score (nSPS) is 11.0. The minimum atomic E-state index is -0.182. The molecule has 1 N–H and O–H groups in total. The molecule has 158 valence electrons. The second kappa shape index (κ2) is 9.45. The number of methoxy groups -OCH3 is 1. The molecule has 3 rings (SSSR count). The molecule has 0 bridgehead atoms. The van der Waals surface area contributed by atoms with Crippen molar-refractivity contribution in [3.8, 4) is 5.75 Å². The molecule has 7 heteroatoms. The van der Waals surface area contributed by atoms with E-state index in [1.54, 1.807) is 49.6 Å². The summed E-state index contributed by atoms with van der Waals surface area (Å²) >= 11 is 0. The third-order valence-corrected chi connectivity index (χ3v) is 4.97. The number of hydrogen-bond acceptors (Lipinski definition) is 5. The van der Waals surface area contributed by atoms with Crippen molar-refractivity contribution >= 4 is 17.4 Å². The third-order valence-electron chi connectivity index (χ3n) is 4.97. The molecule has 3 aromatic rings. The first kappa shape index (κ1) is 21.4. The van der Waals surface area contributed by atoms with Crippen LogP contribution in [0.15, 0.2) is 53.1 Å². The van der Waals surface area contributed by atoms with Gasteiger partial charge in [-0.25, -0.2) is 0 Å². The number of hydrogen-bond donors (Lipinski definition) is 1. The summed E-state index contributed by atoms with van der Waals surface area (Å²) in [6, 6.07) is 12.8. The predicted octanol–water partition coefficient (Wildman–Crippen LogP) is 3.51. The number of benzene rings is 1. The lowest BCUT2D eigenvalue weighted by molar-refractivity contribution is -0.116. The van der Waals surface area contributed by atoms with E-state index in [4.69, 9.17) is 9.15 Å². The van der Waals surface area contributed by atoms with Gasteiger partial charge in [-0.1, -0.05) is 0 Å². The number of furan rings is 1. The summed E-state index contributed by atoms with van der Waals surface area (Å²) in [6.45, 7) is 4.75. The zero-order valence-electron chi connectivity index (χ0n) is 17.8. The van der Waals surface area contributed by atoms with Crippen molar-refractivity contribution in [3.63, 3.8) is 0 Å². The van der Waals surface area contributed by atoms with Gasteiger partial charge in [0.05, 0.1) is 33.0 Å². The second-order valence-corrected chi connectivity index (χ2v) is 7.32. The number of rotatable bonds is 9. The monoisotopic (exact) mass is 409 g/mol. The van der Waals surface area contributed by atoms with Crippen LogP contribution in [0.3, 0.4) is 0 Å². The number of likely N-dealkylation sites (N-methyl/N-ethyl adjacent to an activating group) is 1. The molecule has 0 atom stereocenters. The first-order chi connectivity index (χ1) is 14.4. The van der Waals surface area contributed by atoms with Gasteiger partial charge in [-0.3, -0.25) is 14.5 Å². The number of amides is 1. The van der Waals surface area contributed by atoms with Crippen LogP contribution in [0, 0.1) is 13.8 Å². The van der Waals surface area contributed by atoms with E-state index in [2.05, 4.69) is 9.88 Å². The summed E-state index contributed by atoms with van der Waals surface area (Å²) in [4.78, 5) is 26.8. The second-order valence-electron chi connectivity index (χ2n) is 7.32. The number of Topliss-reactive ketones (excluding diaryl/α,β-unsaturated/α-hetero) is 1. The molecule has 0 aliphatic heterocycles. The van der Waals surface area contributed by atoms with E-state index < -0.39 is 0 Å². The summed E-state index contributed by atoms with van der Waals surface area (Å²) in [5.41, 5.74) is 3.24. The van der Waals surface area contributed by atoms with Crippen LogP contribution >= 0.6 is 0 Å². The van der Waals surface area contributed by atoms with Crippen LogP contribution in [-0.4, -0.2) is 48.4 Å². The Morgan fingerprint density at radius 1 is 1.13 bits per heavy atom. The van der Waals surface area contributed by atoms with Crippen molar-refractivity contribution in [1.82, 2.24) is 9.47 Å². The van der Waals surface area contributed by atoms with E-state index in [-0.39, 0.29) is 24.8 Å². The van der Waals surface area contributed by atoms with Crippen molar-refractivity contribution in [2.45, 2.75) is 20.4 Å². The van der Waals surface area contributed by atoms with Gasteiger partial charge in [-0.2, -0.15) is 0 Å². The molecule has 30 heavy (non-hydrogen) atoms. The maximum Gasteiger partial charge on any atom is 0.238 e. The molecule has 1 aromatic carbocycles. The Morgan fingerprint density at radius 3 is 2.50 bits per heavy atom. The van der Waals surface area contributed by atoms with Crippen LogP contribution in [0.5, 0.6) is 5.75 Å². The maximum atomic E-state index is 12.8. The van der Waals surface area contributed by atoms with E-state index in [9.17, 15) is 9.59 Å². The smallest absolute Gasteiger partial charge is 0.238 e. The van der Waals surface area contributed by atoms with Crippen molar-refractivity contribution in [2.75, 3.05) is 32.6 Å². The zero-order valence-corrected chi connectivity index (χ0v) is 17.8. The van der Waals surface area contributed by atoms with Gasteiger partial charge in [0.2, 0.25) is 5.91 Å². The predicted molar refractivity (Wildman–Crippen MR) is 115 cm³/mol. The number of ketones is 1. The molecule has 2 aromatic heterocycles. The highest BCUT2D eigenvalue weighted by molar-refractivity contribution is 5.99. The number of carbonyl (C=O) groups excluding carboxylic acids is 2. The molecular weight excluding hydrogens is 382 g/mol. The quantitative estimate of drug-likeness (QED) is 0.548. The fourth-order valence-corrected chi connectivity index (χ4v) is 3.39. The Bertz CT molecular complexity index is 1000. The van der Waals surface area contributed by atoms with E-state index in [1.807, 2.05) is 32.0 Å². The summed E-state index contributed by atoms with van der Waals surface area (Å²) in [6.07, 6.45) is 1.64. The molecule has 0 fully saturated rings. The lowest BCUT2D eigenvalue weighted by Gasteiger charge is -2.16. The van der Waals surface area contributed by atoms with Gasteiger partial charge in [-0.05, 0) is 63.4 Å². The number of aromatic nitrogens is 1. The van der Waals surface area contributed by atoms with Crippen molar-refractivity contribution in [1.29, 1.82) is 0 Å². The first-order valence-electron chi connectivity index (χ1n) is 9.72. The topological polar surface area (TPSA) is 76.7 Å². The lowest BCUT2D eigenvalue weighted by Crippen LogP contribution is -2.34. The number of anilines is 1. The molecule has 0 spiro atoms. The van der Waals surface area contributed by atoms with Crippen LogP contribution in [0.1, 0.15) is 27.5 Å². The van der Waals surface area contributed by atoms with E-state index >= 15 is 0 Å². The number of nitrogens with one attached hydrogen (secondary N) is 1. The van der Waals surface area contributed by atoms with Crippen LogP contribution in [0.25, 0.3) is 0 Å². The van der Waals surface area contributed by atoms with Gasteiger partial charge >= 0.3 is 0 Å². The summed E-state index contributed by atoms with van der Waals surface area (Å²) in [7, 11) is 3.35. The number of ether oxygens (including phenoxy) is 1. The van der Waals surface area contributed by atoms with Crippen molar-refractivity contribution in [3.05, 3.63) is 71.4 Å². The Hall–Kier alpha value is -3.32. The minimum Gasteiger partial charge on any atom is -0.497 e. The molecule has 0 unspecified atom stereocenters. The molecule has 0 aliphatic rings. The molecule has 2 heterocycles. The first-order valence-corrected chi connectivity index (χ1v) is 9.72. The Balaban J connectivity index is 1.57. The zero-order chi connectivity index (χ0) is 21.7. The fraction of sp³-hybridized carbons (Fsp3) is 0.304. The minimum absolute atomic E-state index is 0.0199. The van der Waals surface area contributed by atoms with Gasteiger partial charge in [0, 0.05) is 22.6 Å². The Kier molecular flexibility index (Phi) is 6.74. The van der Waals surface area contributed by atoms with E-state index in [1.165, 1.54) is 0 Å². The molecule has 1 amide bonds. The van der Waals surface area contributed by atoms with Gasteiger partial charge in [0.1, 0.15) is 11.5 Å². The van der Waals surface area contributed by atoms with Gasteiger partial charge in [0.15, 0.2) is 5.78 Å². The largest absolute Gasteiger partial charge is 0.497 e. The van der Waals surface area contributed by atoms with Gasteiger partial charge < -0.3 is 19.0 Å². The summed E-state index contributed by atoms with van der Waals surface area (Å²) in [5.74, 6) is 1.36. The molecule has 0 aliphatic carbocycles. The number of aryl methyl sites for hydroxylation is 1. The van der Waals surface area contributed by atoms with E-state index in [0.29, 0.717) is 17.8 Å². The lowest BCUT2D eigenvalue weighted by atomic mass is 10.1. The van der Waals surface area contributed by atoms with Crippen LogP contribution in [0.2, 0.25) is 0 Å². The summed E-state index contributed by atoms with van der Waals surface area (Å²) < 4.78 is 12.6. The number of nitrogens with zero attached hydrogens (tertiary/aromatic N) is 2. The third kappa shape index (κ3) is 5.18. The highest BCUT2D eigenvalue weighted by Crippen LogP contribution is 2.18. The number of carbonyl (C=O) groups is 2. The van der Waals surface area contributed by atoms with E-state index in [0.717, 1.165) is 22.9 Å².